The number of rotatable bonds is 2. The van der Waals surface area contributed by atoms with Crippen molar-refractivity contribution in [3.63, 3.8) is 0 Å². The maximum Gasteiger partial charge on any atom is 0.183 e. The van der Waals surface area contributed by atoms with Crippen LogP contribution in [0.2, 0.25) is 0 Å². The van der Waals surface area contributed by atoms with E-state index < -0.39 is 10.8 Å². The van der Waals surface area contributed by atoms with Crippen LogP contribution in [0.1, 0.15) is 64.2 Å². The van der Waals surface area contributed by atoms with Crippen molar-refractivity contribution < 1.29 is 4.79 Å². The molecule has 3 aliphatic rings. The molecule has 0 saturated heterocycles. The predicted octanol–water partition coefficient (Wildman–Crippen LogP) is 2.89. The average Bonchev–Trinajstić information content (AvgIpc) is 3.23. The zero-order valence-corrected chi connectivity index (χ0v) is 17.3. The number of nitrogens with zero attached hydrogens (tertiary/aromatic N) is 6. The van der Waals surface area contributed by atoms with Gasteiger partial charge in [-0.2, -0.15) is 15.8 Å². The summed E-state index contributed by atoms with van der Waals surface area (Å²) < 4.78 is 1.88. The lowest BCUT2D eigenvalue weighted by atomic mass is 9.52. The molecule has 0 spiro atoms. The van der Waals surface area contributed by atoms with Gasteiger partial charge in [0, 0.05) is 23.4 Å². The van der Waals surface area contributed by atoms with Crippen LogP contribution in [0.3, 0.4) is 0 Å². The van der Waals surface area contributed by atoms with E-state index in [4.69, 9.17) is 5.10 Å². The lowest BCUT2D eigenvalue weighted by Crippen LogP contribution is -2.51. The van der Waals surface area contributed by atoms with Crippen molar-refractivity contribution in [1.29, 1.82) is 5.26 Å². The molecular formula is C20H27N7O. The number of hydrogen-bond acceptors (Lipinski definition) is 7. The number of hydrogen-bond donors (Lipinski definition) is 1. The Balaban J connectivity index is 1.83. The fraction of sp³-hybridized carbons (Fsp3) is 0.650. The summed E-state index contributed by atoms with van der Waals surface area (Å²) in [5.41, 5.74) is 5.63. The summed E-state index contributed by atoms with van der Waals surface area (Å²) in [7, 11) is 1.93. The van der Waals surface area contributed by atoms with Crippen LogP contribution in [-0.4, -0.2) is 26.7 Å². The molecule has 2 aliphatic carbocycles. The van der Waals surface area contributed by atoms with Gasteiger partial charge in [-0.25, -0.2) is 5.12 Å². The predicted molar refractivity (Wildman–Crippen MR) is 103 cm³/mol. The highest BCUT2D eigenvalue weighted by Crippen LogP contribution is 2.55. The third kappa shape index (κ3) is 2.39. The standard InChI is InChI=1S/C20H27N7O/c1-11(2)27-24-18(22-25-27)15-13-7-8-14-19(3,4)17(28)12(10-21)9-20(14,5)16(13)23-26(15)6/h9,11,14,18,24H,7-8H2,1-6H3. The quantitative estimate of drug-likeness (QED) is 0.849. The molecule has 0 aromatic carbocycles. The number of ketones is 1. The molecule has 1 aliphatic heterocycles. The highest BCUT2D eigenvalue weighted by atomic mass is 16.1. The summed E-state index contributed by atoms with van der Waals surface area (Å²) in [6.45, 7) is 10.1. The van der Waals surface area contributed by atoms with E-state index in [1.54, 1.807) is 5.12 Å². The molecule has 0 amide bonds. The molecule has 1 aromatic heterocycles. The molecule has 28 heavy (non-hydrogen) atoms. The highest BCUT2D eigenvalue weighted by Gasteiger charge is 2.55. The van der Waals surface area contributed by atoms with E-state index in [9.17, 15) is 10.1 Å². The summed E-state index contributed by atoms with van der Waals surface area (Å²) in [6.07, 6.45) is 3.28. The fourth-order valence-electron chi connectivity index (χ4n) is 5.24. The molecule has 148 valence electrons. The second-order valence-corrected chi connectivity index (χ2v) is 9.11. The number of allylic oxidation sites excluding steroid dienone is 2. The van der Waals surface area contributed by atoms with Gasteiger partial charge in [0.2, 0.25) is 0 Å². The molecule has 1 aromatic rings. The number of aromatic nitrogens is 2. The largest absolute Gasteiger partial charge is 0.293 e. The maximum atomic E-state index is 12.8. The van der Waals surface area contributed by atoms with E-state index in [0.29, 0.717) is 0 Å². The van der Waals surface area contributed by atoms with Gasteiger partial charge in [-0.05, 0) is 32.6 Å². The molecule has 8 heteroatoms. The summed E-state index contributed by atoms with van der Waals surface area (Å²) in [5, 5.41) is 24.8. The van der Waals surface area contributed by atoms with Crippen molar-refractivity contribution in [3.8, 4) is 6.07 Å². The van der Waals surface area contributed by atoms with Gasteiger partial charge in [0.15, 0.2) is 11.9 Å². The first-order chi connectivity index (χ1) is 13.1. The SMILES string of the molecule is CC(C)N1N=NC(c2c3c(nn2C)C2(C)C=C(C#N)C(=O)C(C)(C)C2CC3)N1. The fourth-order valence-corrected chi connectivity index (χ4v) is 5.24. The first-order valence-corrected chi connectivity index (χ1v) is 9.81. The Morgan fingerprint density at radius 2 is 2.07 bits per heavy atom. The van der Waals surface area contributed by atoms with Gasteiger partial charge in [0.25, 0.3) is 0 Å². The van der Waals surface area contributed by atoms with Crippen LogP contribution < -0.4 is 5.43 Å². The van der Waals surface area contributed by atoms with Crippen LogP contribution in [0, 0.1) is 22.7 Å². The minimum atomic E-state index is -0.594. The highest BCUT2D eigenvalue weighted by molar-refractivity contribution is 6.04. The monoisotopic (exact) mass is 381 g/mol. The molecule has 2 heterocycles. The van der Waals surface area contributed by atoms with E-state index in [-0.39, 0.29) is 29.5 Å². The zero-order valence-electron chi connectivity index (χ0n) is 17.3. The van der Waals surface area contributed by atoms with E-state index in [0.717, 1.165) is 29.8 Å². The lowest BCUT2D eigenvalue weighted by Gasteiger charge is -2.49. The first kappa shape index (κ1) is 18.8. The van der Waals surface area contributed by atoms with E-state index in [2.05, 4.69) is 28.8 Å². The molecular weight excluding hydrogens is 354 g/mol. The van der Waals surface area contributed by atoms with Crippen LogP contribution in [0.5, 0.6) is 0 Å². The van der Waals surface area contributed by atoms with E-state index in [1.165, 1.54) is 0 Å². The molecule has 0 bridgehead atoms. The molecule has 1 N–H and O–H groups in total. The molecule has 0 fully saturated rings. The summed E-state index contributed by atoms with van der Waals surface area (Å²) in [5.74, 6) is 0.0427. The van der Waals surface area contributed by atoms with Gasteiger partial charge in [0.05, 0.1) is 23.0 Å². The van der Waals surface area contributed by atoms with Crippen LogP contribution in [0.25, 0.3) is 0 Å². The van der Waals surface area contributed by atoms with Gasteiger partial charge >= 0.3 is 0 Å². The van der Waals surface area contributed by atoms with Crippen molar-refractivity contribution in [2.75, 3.05) is 0 Å². The number of aryl methyl sites for hydroxylation is 1. The minimum Gasteiger partial charge on any atom is -0.293 e. The van der Waals surface area contributed by atoms with Gasteiger partial charge in [-0.1, -0.05) is 32.1 Å². The molecule has 8 nitrogen and oxygen atoms in total. The van der Waals surface area contributed by atoms with Gasteiger partial charge < -0.3 is 0 Å². The summed E-state index contributed by atoms with van der Waals surface area (Å²) in [6, 6.07) is 2.32. The smallest absolute Gasteiger partial charge is 0.183 e. The Kier molecular flexibility index (Phi) is 4.02. The average molecular weight is 381 g/mol. The Hall–Kier alpha value is -2.53. The normalized spacial score (nSPS) is 30.9. The number of fused-ring (bicyclic) bond motifs is 3. The van der Waals surface area contributed by atoms with Crippen LogP contribution in [0.4, 0.5) is 0 Å². The third-order valence-electron chi connectivity index (χ3n) is 6.64. The van der Waals surface area contributed by atoms with Gasteiger partial charge in [0.1, 0.15) is 6.07 Å². The van der Waals surface area contributed by atoms with Crippen molar-refractivity contribution in [2.24, 2.45) is 28.7 Å². The Morgan fingerprint density at radius 3 is 2.68 bits per heavy atom. The zero-order chi connectivity index (χ0) is 20.4. The van der Waals surface area contributed by atoms with Crippen molar-refractivity contribution in [3.05, 3.63) is 28.6 Å². The maximum absolute atomic E-state index is 12.8. The van der Waals surface area contributed by atoms with Crippen LogP contribution >= 0.6 is 0 Å². The summed E-state index contributed by atoms with van der Waals surface area (Å²) in [4.78, 5) is 12.8. The van der Waals surface area contributed by atoms with Crippen molar-refractivity contribution in [1.82, 2.24) is 20.3 Å². The van der Waals surface area contributed by atoms with Crippen LogP contribution in [-0.2, 0) is 23.7 Å². The van der Waals surface area contributed by atoms with Crippen LogP contribution in [0.15, 0.2) is 22.0 Å². The second-order valence-electron chi connectivity index (χ2n) is 9.11. The number of hydrazine groups is 1. The van der Waals surface area contributed by atoms with E-state index in [1.807, 2.05) is 45.5 Å². The first-order valence-electron chi connectivity index (χ1n) is 9.81. The van der Waals surface area contributed by atoms with E-state index >= 15 is 0 Å². The van der Waals surface area contributed by atoms with Gasteiger partial charge in [-0.15, -0.1) is 5.11 Å². The Labute approximate surface area is 165 Å². The van der Waals surface area contributed by atoms with Crippen molar-refractivity contribution in [2.45, 2.75) is 65.1 Å². The Morgan fingerprint density at radius 1 is 1.36 bits per heavy atom. The van der Waals surface area contributed by atoms with Gasteiger partial charge in [-0.3, -0.25) is 9.48 Å². The Bertz CT molecular complexity index is 948. The number of nitriles is 1. The number of Topliss-reactive ketones (excluding diaryl/α,β-unsaturated/α-hetero) is 1. The third-order valence-corrected chi connectivity index (χ3v) is 6.64. The molecule has 3 atom stereocenters. The second kappa shape index (κ2) is 5.98. The topological polar surface area (TPSA) is 98.7 Å². The lowest BCUT2D eigenvalue weighted by molar-refractivity contribution is -0.128. The number of carbonyl (C=O) groups is 1. The minimum absolute atomic E-state index is 0.0593. The molecule has 0 radical (unpaired) electrons. The summed E-state index contributed by atoms with van der Waals surface area (Å²) >= 11 is 0. The molecule has 3 unspecified atom stereocenters. The van der Waals surface area contributed by atoms with Crippen molar-refractivity contribution >= 4 is 5.78 Å². The number of carbonyl (C=O) groups excluding carboxylic acids is 1. The number of nitrogens with one attached hydrogen (secondary N) is 1. The molecule has 4 rings (SSSR count). The molecule has 0 saturated carbocycles.